The lowest BCUT2D eigenvalue weighted by molar-refractivity contribution is -0.155. The van der Waals surface area contributed by atoms with Gasteiger partial charge in [-0.05, 0) is 88.1 Å². The predicted molar refractivity (Wildman–Crippen MR) is 183 cm³/mol. The maximum atomic E-state index is 14.1. The number of nitrogens with zero attached hydrogens (tertiary/aromatic N) is 1. The highest BCUT2D eigenvalue weighted by atomic mass is 16.5. The monoisotopic (exact) mass is 632 g/mol. The van der Waals surface area contributed by atoms with E-state index in [0.717, 1.165) is 107 Å². The molecule has 6 saturated heterocycles. The van der Waals surface area contributed by atoms with E-state index in [1.807, 2.05) is 41.3 Å². The Morgan fingerprint density at radius 3 is 2.00 bits per heavy atom. The number of hydrogen-bond donors (Lipinski definition) is 1. The average Bonchev–Trinajstić information content (AvgIpc) is 3.05. The summed E-state index contributed by atoms with van der Waals surface area (Å²) in [7, 11) is 0. The highest BCUT2D eigenvalue weighted by Crippen LogP contribution is 2.32. The van der Waals surface area contributed by atoms with Gasteiger partial charge in [0.15, 0.2) is 0 Å². The Kier molecular flexibility index (Phi) is 12.9. The maximum absolute atomic E-state index is 14.1. The number of esters is 2. The van der Waals surface area contributed by atoms with E-state index in [-0.39, 0.29) is 48.2 Å². The van der Waals surface area contributed by atoms with Crippen LogP contribution < -0.4 is 5.32 Å². The summed E-state index contributed by atoms with van der Waals surface area (Å²) >= 11 is 0. The Labute approximate surface area is 276 Å². The van der Waals surface area contributed by atoms with Crippen molar-refractivity contribution in [1.29, 1.82) is 0 Å². The zero-order chi connectivity index (χ0) is 32.3. The van der Waals surface area contributed by atoms with Crippen molar-refractivity contribution < 1.29 is 23.9 Å². The van der Waals surface area contributed by atoms with E-state index in [1.54, 1.807) is 0 Å². The second-order valence-electron chi connectivity index (χ2n) is 14.1. The molecule has 0 spiro atoms. The van der Waals surface area contributed by atoms with Crippen molar-refractivity contribution in [2.24, 2.45) is 0 Å². The summed E-state index contributed by atoms with van der Waals surface area (Å²) in [5, 5.41) is 5.85. The fourth-order valence-corrected chi connectivity index (χ4v) is 7.90. The number of amides is 1. The van der Waals surface area contributed by atoms with Gasteiger partial charge in [0.05, 0.1) is 6.04 Å². The number of carbonyl (C=O) groups is 3. The highest BCUT2D eigenvalue weighted by Gasteiger charge is 2.39. The second kappa shape index (κ2) is 17.3. The van der Waals surface area contributed by atoms with Gasteiger partial charge in [0.25, 0.3) is 5.91 Å². The van der Waals surface area contributed by atoms with Gasteiger partial charge in [-0.3, -0.25) is 14.4 Å². The van der Waals surface area contributed by atoms with Crippen molar-refractivity contribution >= 4 is 28.6 Å². The van der Waals surface area contributed by atoms with E-state index in [0.29, 0.717) is 24.4 Å². The molecule has 8 rings (SSSR count). The molecule has 2 aromatic carbocycles. The van der Waals surface area contributed by atoms with Gasteiger partial charge in [-0.1, -0.05) is 81.7 Å². The SMILES string of the molecule is C[C@@H]1N[C@@H]2CCCCCCCC(=O)O[C@H]3CC[C@@H](CCCCCCCC(=O)O[C@H]1CC2)N(C(=O)c1ccc2ccccc2c1)[C@H]3C. The molecule has 0 unspecified atom stereocenters. The summed E-state index contributed by atoms with van der Waals surface area (Å²) in [6.45, 7) is 4.20. The van der Waals surface area contributed by atoms with Crippen LogP contribution in [0.4, 0.5) is 0 Å². The summed E-state index contributed by atoms with van der Waals surface area (Å²) in [6.07, 6.45) is 16.6. The summed E-state index contributed by atoms with van der Waals surface area (Å²) in [4.78, 5) is 41.7. The molecule has 0 aliphatic carbocycles. The van der Waals surface area contributed by atoms with Gasteiger partial charge in [-0.2, -0.15) is 0 Å². The van der Waals surface area contributed by atoms with Crippen LogP contribution in [0.1, 0.15) is 140 Å². The van der Waals surface area contributed by atoms with Crippen LogP contribution in [0.5, 0.6) is 0 Å². The van der Waals surface area contributed by atoms with Crippen LogP contribution in [0, 0.1) is 0 Å². The molecule has 1 amide bonds. The summed E-state index contributed by atoms with van der Waals surface area (Å²) in [5.74, 6) is -0.174. The molecule has 1 N–H and O–H groups in total. The lowest BCUT2D eigenvalue weighted by Gasteiger charge is -2.44. The van der Waals surface area contributed by atoms with E-state index in [2.05, 4.69) is 25.2 Å². The first kappa shape index (κ1) is 34.4. The first-order valence-electron chi connectivity index (χ1n) is 18.4. The Morgan fingerprint density at radius 2 is 1.28 bits per heavy atom. The fraction of sp³-hybridized carbons (Fsp3) is 0.667. The van der Waals surface area contributed by atoms with Crippen LogP contribution in [-0.2, 0) is 19.1 Å². The first-order valence-corrected chi connectivity index (χ1v) is 18.4. The van der Waals surface area contributed by atoms with Crippen molar-refractivity contribution in [3.63, 3.8) is 0 Å². The normalized spacial score (nSPS) is 30.1. The number of fused-ring (bicyclic) bond motifs is 1. The number of piperidine rings is 2. The third-order valence-electron chi connectivity index (χ3n) is 10.7. The van der Waals surface area contributed by atoms with Crippen molar-refractivity contribution in [2.75, 3.05) is 0 Å². The third-order valence-corrected chi connectivity index (χ3v) is 10.7. The van der Waals surface area contributed by atoms with Gasteiger partial charge in [-0.25, -0.2) is 0 Å². The van der Waals surface area contributed by atoms with Gasteiger partial charge in [0, 0.05) is 36.5 Å². The molecule has 6 atom stereocenters. The minimum Gasteiger partial charge on any atom is -0.461 e. The molecule has 6 aliphatic heterocycles. The Bertz CT molecular complexity index is 1300. The summed E-state index contributed by atoms with van der Waals surface area (Å²) in [5.41, 5.74) is 0.687. The van der Waals surface area contributed by atoms with Crippen LogP contribution in [0.15, 0.2) is 42.5 Å². The zero-order valence-electron chi connectivity index (χ0n) is 28.2. The smallest absolute Gasteiger partial charge is 0.306 e. The highest BCUT2D eigenvalue weighted by molar-refractivity contribution is 5.99. The summed E-state index contributed by atoms with van der Waals surface area (Å²) < 4.78 is 11.9. The number of benzene rings is 2. The topological polar surface area (TPSA) is 84.9 Å². The molecule has 7 heteroatoms. The number of ether oxygens (including phenoxy) is 2. The minimum absolute atomic E-state index is 0.0221. The largest absolute Gasteiger partial charge is 0.461 e. The third kappa shape index (κ3) is 9.56. The molecule has 0 saturated carbocycles. The lowest BCUT2D eigenvalue weighted by Crippen LogP contribution is -2.55. The number of hydrogen-bond acceptors (Lipinski definition) is 6. The van der Waals surface area contributed by atoms with Gasteiger partial charge >= 0.3 is 11.9 Å². The molecular formula is C39H56N2O5. The lowest BCUT2D eigenvalue weighted by atomic mass is 9.89. The van der Waals surface area contributed by atoms with Crippen LogP contribution in [0.3, 0.4) is 0 Å². The van der Waals surface area contributed by atoms with Crippen molar-refractivity contribution in [3.05, 3.63) is 48.0 Å². The maximum Gasteiger partial charge on any atom is 0.306 e. The first-order chi connectivity index (χ1) is 22.4. The number of nitrogens with one attached hydrogen (secondary N) is 1. The molecule has 46 heavy (non-hydrogen) atoms. The van der Waals surface area contributed by atoms with E-state index < -0.39 is 0 Å². The molecule has 0 radical (unpaired) electrons. The van der Waals surface area contributed by atoms with Crippen LogP contribution >= 0.6 is 0 Å². The molecule has 2 aromatic rings. The fourth-order valence-electron chi connectivity index (χ4n) is 7.90. The molecular weight excluding hydrogens is 576 g/mol. The van der Waals surface area contributed by atoms with Crippen LogP contribution in [0.25, 0.3) is 10.8 Å². The molecule has 4 bridgehead atoms. The van der Waals surface area contributed by atoms with E-state index in [1.165, 1.54) is 6.42 Å². The van der Waals surface area contributed by atoms with Gasteiger partial charge in [-0.15, -0.1) is 0 Å². The molecule has 6 heterocycles. The average molecular weight is 633 g/mol. The van der Waals surface area contributed by atoms with Gasteiger partial charge in [0.2, 0.25) is 0 Å². The van der Waals surface area contributed by atoms with E-state index in [4.69, 9.17) is 9.47 Å². The van der Waals surface area contributed by atoms with Crippen LogP contribution in [-0.4, -0.2) is 59.1 Å². The van der Waals surface area contributed by atoms with Crippen molar-refractivity contribution in [2.45, 2.75) is 166 Å². The molecule has 252 valence electrons. The van der Waals surface area contributed by atoms with E-state index >= 15 is 0 Å². The molecule has 7 nitrogen and oxygen atoms in total. The molecule has 0 aromatic heterocycles. The summed E-state index contributed by atoms with van der Waals surface area (Å²) in [6, 6.07) is 14.7. The van der Waals surface area contributed by atoms with Gasteiger partial charge in [0.1, 0.15) is 12.2 Å². The minimum atomic E-state index is -0.281. The molecule has 6 aliphatic rings. The van der Waals surface area contributed by atoms with Gasteiger partial charge < -0.3 is 19.7 Å². The van der Waals surface area contributed by atoms with Crippen molar-refractivity contribution in [1.82, 2.24) is 10.2 Å². The quantitative estimate of drug-likeness (QED) is 0.319. The zero-order valence-corrected chi connectivity index (χ0v) is 28.2. The second-order valence-corrected chi connectivity index (χ2v) is 14.1. The van der Waals surface area contributed by atoms with Crippen LogP contribution in [0.2, 0.25) is 0 Å². The Balaban J connectivity index is 1.22. The number of rotatable bonds is 1. The Hall–Kier alpha value is -2.93. The number of carbonyl (C=O) groups excluding carboxylic acids is 3. The standard InChI is InChI=1S/C39H56N2O5/c1-28-35-25-23-33(40-28)17-9-5-3-7-12-20-38(43)46-36-26-24-34(18-10-6-4-8-11-19-37(42)45-35)41(29(36)2)39(44)32-22-21-30-15-13-14-16-31(30)27-32/h13-16,21-22,27-29,33-36,40H,3-12,17-20,23-26H2,1-2H3/t28-,29-,33+,34+,35-,36-/m0/s1. The van der Waals surface area contributed by atoms with Crippen molar-refractivity contribution in [3.8, 4) is 0 Å². The van der Waals surface area contributed by atoms with E-state index in [9.17, 15) is 14.4 Å². The Morgan fingerprint density at radius 1 is 0.674 bits per heavy atom. The predicted octanol–water partition coefficient (Wildman–Crippen LogP) is 8.27. The molecule has 6 fully saturated rings.